The summed E-state index contributed by atoms with van der Waals surface area (Å²) in [6.07, 6.45) is 5.02. The van der Waals surface area contributed by atoms with Crippen LogP contribution in [0, 0.1) is 11.3 Å². The number of ether oxygens (including phenoxy) is 2. The van der Waals surface area contributed by atoms with Gasteiger partial charge in [0.25, 0.3) is 0 Å². The maximum absolute atomic E-state index is 12.5. The monoisotopic (exact) mass is 550 g/mol. The van der Waals surface area contributed by atoms with Gasteiger partial charge in [-0.2, -0.15) is 10.4 Å². The summed E-state index contributed by atoms with van der Waals surface area (Å²) in [6, 6.07) is 13.2. The molecule has 1 aromatic heterocycles. The van der Waals surface area contributed by atoms with Crippen molar-refractivity contribution in [2.24, 2.45) is 5.10 Å². The molecule has 1 aliphatic rings. The molecule has 38 heavy (non-hydrogen) atoms. The summed E-state index contributed by atoms with van der Waals surface area (Å²) < 4.78 is 11.0. The number of aryl methyl sites for hydroxylation is 1. The van der Waals surface area contributed by atoms with Gasteiger partial charge in [0.05, 0.1) is 23.9 Å². The third-order valence-corrected chi connectivity index (χ3v) is 7.11. The number of carbonyl (C=O) groups excluding carboxylic acids is 3. The lowest BCUT2D eigenvalue weighted by atomic mass is 9.96. The maximum atomic E-state index is 12.5. The zero-order valence-corrected chi connectivity index (χ0v) is 21.9. The molecule has 11 heteroatoms. The van der Waals surface area contributed by atoms with Gasteiger partial charge in [0, 0.05) is 9.90 Å². The molecule has 0 saturated carbocycles. The summed E-state index contributed by atoms with van der Waals surface area (Å²) in [7, 11) is 0. The van der Waals surface area contributed by atoms with Gasteiger partial charge < -0.3 is 14.8 Å². The molecular formula is C27H23ClN4O5S. The molecule has 0 radical (unpaired) electrons. The Bertz CT molecular complexity index is 1440. The fraction of sp³-hybridized carbons (Fsp3) is 0.222. The smallest absolute Gasteiger partial charge is 0.343 e. The van der Waals surface area contributed by atoms with Crippen molar-refractivity contribution in [3.05, 3.63) is 74.6 Å². The average molecular weight is 551 g/mol. The Kier molecular flexibility index (Phi) is 8.73. The Balaban J connectivity index is 1.39. The van der Waals surface area contributed by atoms with Gasteiger partial charge in [0.2, 0.25) is 0 Å². The van der Waals surface area contributed by atoms with Gasteiger partial charge in [0.15, 0.2) is 11.5 Å². The van der Waals surface area contributed by atoms with Crippen molar-refractivity contribution in [2.75, 3.05) is 11.9 Å². The van der Waals surface area contributed by atoms with E-state index in [4.69, 9.17) is 21.1 Å². The van der Waals surface area contributed by atoms with Crippen LogP contribution in [0.15, 0.2) is 47.6 Å². The van der Waals surface area contributed by atoms with Crippen LogP contribution in [-0.2, 0) is 22.4 Å². The number of esters is 1. The molecule has 194 valence electrons. The van der Waals surface area contributed by atoms with E-state index < -0.39 is 17.8 Å². The number of hydrogen-bond acceptors (Lipinski definition) is 8. The number of nitrogens with one attached hydrogen (secondary N) is 2. The molecule has 2 amide bonds. The van der Waals surface area contributed by atoms with Crippen molar-refractivity contribution in [3.8, 4) is 17.6 Å². The summed E-state index contributed by atoms with van der Waals surface area (Å²) in [5, 5.41) is 16.8. The standard InChI is InChI=1S/C27H23ClN4O5S/c1-2-36-22-13-16(7-12-21(22)37-27(35)17-8-10-18(28)11-9-17)15-30-32-25(34)24(33)31-26-20(14-29)19-5-3-4-6-23(19)38-26/h7-13,15H,2-6H2,1H3,(H,31,33)(H,32,34)/b30-15+. The van der Waals surface area contributed by atoms with Gasteiger partial charge in [-0.3, -0.25) is 9.59 Å². The molecule has 3 aromatic rings. The van der Waals surface area contributed by atoms with Crippen molar-refractivity contribution in [1.82, 2.24) is 5.43 Å². The van der Waals surface area contributed by atoms with E-state index in [0.29, 0.717) is 39.1 Å². The number of carbonyl (C=O) groups is 3. The highest BCUT2D eigenvalue weighted by atomic mass is 35.5. The molecule has 0 spiro atoms. The zero-order chi connectivity index (χ0) is 27.1. The minimum atomic E-state index is -0.977. The number of amides is 2. The topological polar surface area (TPSA) is 130 Å². The highest BCUT2D eigenvalue weighted by molar-refractivity contribution is 7.16. The van der Waals surface area contributed by atoms with Gasteiger partial charge >= 0.3 is 17.8 Å². The van der Waals surface area contributed by atoms with Crippen molar-refractivity contribution in [1.29, 1.82) is 5.26 Å². The molecule has 0 bridgehead atoms. The lowest BCUT2D eigenvalue weighted by Gasteiger charge is -2.11. The number of rotatable bonds is 7. The Morgan fingerprint density at radius 2 is 1.87 bits per heavy atom. The molecule has 2 aromatic carbocycles. The number of thiophene rings is 1. The number of hydrazone groups is 1. The molecule has 0 unspecified atom stereocenters. The second-order valence-electron chi connectivity index (χ2n) is 8.22. The number of benzene rings is 2. The third-order valence-electron chi connectivity index (χ3n) is 5.65. The van der Waals surface area contributed by atoms with Crippen LogP contribution in [-0.4, -0.2) is 30.6 Å². The van der Waals surface area contributed by atoms with Crippen LogP contribution in [0.25, 0.3) is 0 Å². The SMILES string of the molecule is CCOc1cc(/C=N/NC(=O)C(=O)Nc2sc3c(c2C#N)CCCC3)ccc1OC(=O)c1ccc(Cl)cc1. The highest BCUT2D eigenvalue weighted by Crippen LogP contribution is 2.37. The number of fused-ring (bicyclic) bond motifs is 1. The van der Waals surface area contributed by atoms with Crippen LogP contribution in [0.2, 0.25) is 5.02 Å². The van der Waals surface area contributed by atoms with Gasteiger partial charge in [-0.05, 0) is 86.2 Å². The second-order valence-corrected chi connectivity index (χ2v) is 9.76. The van der Waals surface area contributed by atoms with E-state index in [2.05, 4.69) is 21.9 Å². The van der Waals surface area contributed by atoms with Gasteiger partial charge in [-0.1, -0.05) is 11.6 Å². The van der Waals surface area contributed by atoms with Gasteiger partial charge in [-0.15, -0.1) is 11.3 Å². The maximum Gasteiger partial charge on any atom is 0.343 e. The van der Waals surface area contributed by atoms with Crippen LogP contribution in [0.1, 0.15) is 51.7 Å². The fourth-order valence-electron chi connectivity index (χ4n) is 3.85. The van der Waals surface area contributed by atoms with Gasteiger partial charge in [0.1, 0.15) is 11.1 Å². The van der Waals surface area contributed by atoms with E-state index in [1.165, 1.54) is 23.6 Å². The number of halogens is 1. The van der Waals surface area contributed by atoms with E-state index in [9.17, 15) is 19.6 Å². The van der Waals surface area contributed by atoms with Crippen molar-refractivity contribution < 1.29 is 23.9 Å². The molecule has 0 fully saturated rings. The van der Waals surface area contributed by atoms with Crippen LogP contribution >= 0.6 is 22.9 Å². The average Bonchev–Trinajstić information content (AvgIpc) is 3.27. The third kappa shape index (κ3) is 6.37. The summed E-state index contributed by atoms with van der Waals surface area (Å²) >= 11 is 7.20. The lowest BCUT2D eigenvalue weighted by molar-refractivity contribution is -0.136. The van der Waals surface area contributed by atoms with Crippen LogP contribution in [0.4, 0.5) is 5.00 Å². The first-order valence-corrected chi connectivity index (χ1v) is 13.0. The first-order valence-electron chi connectivity index (χ1n) is 11.8. The Hall–Kier alpha value is -4.20. The minimum absolute atomic E-state index is 0.208. The quantitative estimate of drug-likeness (QED) is 0.142. The summed E-state index contributed by atoms with van der Waals surface area (Å²) in [5.74, 6) is -1.96. The molecular weight excluding hydrogens is 528 g/mol. The minimum Gasteiger partial charge on any atom is -0.490 e. The molecule has 1 heterocycles. The van der Waals surface area contributed by atoms with Gasteiger partial charge in [-0.25, -0.2) is 10.2 Å². The highest BCUT2D eigenvalue weighted by Gasteiger charge is 2.23. The molecule has 2 N–H and O–H groups in total. The molecule has 1 aliphatic carbocycles. The second kappa shape index (κ2) is 12.4. The summed E-state index contributed by atoms with van der Waals surface area (Å²) in [5.41, 5.74) is 4.42. The number of hydrogen-bond donors (Lipinski definition) is 2. The van der Waals surface area contributed by atoms with Crippen LogP contribution in [0.3, 0.4) is 0 Å². The zero-order valence-electron chi connectivity index (χ0n) is 20.4. The predicted molar refractivity (Wildman–Crippen MR) is 144 cm³/mol. The Morgan fingerprint density at radius 1 is 1.11 bits per heavy atom. The van der Waals surface area contributed by atoms with Crippen LogP contribution < -0.4 is 20.2 Å². The predicted octanol–water partition coefficient (Wildman–Crippen LogP) is 4.86. The largest absolute Gasteiger partial charge is 0.490 e. The van der Waals surface area contributed by atoms with E-state index in [0.717, 1.165) is 36.1 Å². The molecule has 0 aliphatic heterocycles. The number of anilines is 1. The fourth-order valence-corrected chi connectivity index (χ4v) is 5.21. The molecule has 0 saturated heterocycles. The Morgan fingerprint density at radius 3 is 2.61 bits per heavy atom. The lowest BCUT2D eigenvalue weighted by Crippen LogP contribution is -2.32. The number of nitrogens with zero attached hydrogens (tertiary/aromatic N) is 2. The summed E-state index contributed by atoms with van der Waals surface area (Å²) in [4.78, 5) is 38.2. The first-order chi connectivity index (χ1) is 18.4. The molecule has 4 rings (SSSR count). The number of nitriles is 1. The van der Waals surface area contributed by atoms with E-state index in [1.54, 1.807) is 43.3 Å². The Labute approximate surface area is 228 Å². The van der Waals surface area contributed by atoms with E-state index >= 15 is 0 Å². The van der Waals surface area contributed by atoms with Crippen molar-refractivity contribution in [3.63, 3.8) is 0 Å². The van der Waals surface area contributed by atoms with Crippen LogP contribution in [0.5, 0.6) is 11.5 Å². The van der Waals surface area contributed by atoms with Crippen molar-refractivity contribution >= 4 is 51.9 Å². The first kappa shape index (κ1) is 26.9. The summed E-state index contributed by atoms with van der Waals surface area (Å²) in [6.45, 7) is 2.10. The normalized spacial score (nSPS) is 12.3. The van der Waals surface area contributed by atoms with E-state index in [1.807, 2.05) is 0 Å². The molecule has 9 nitrogen and oxygen atoms in total. The van der Waals surface area contributed by atoms with Crippen molar-refractivity contribution in [2.45, 2.75) is 32.6 Å². The molecule has 0 atom stereocenters. The van der Waals surface area contributed by atoms with E-state index in [-0.39, 0.29) is 5.75 Å².